The number of hydrogen-bond donors (Lipinski definition) is 0. The van der Waals surface area contributed by atoms with Crippen molar-refractivity contribution in [1.29, 1.82) is 0 Å². The molecule has 12 rings (SSSR count). The molecule has 3 nitrogen and oxygen atoms in total. The summed E-state index contributed by atoms with van der Waals surface area (Å²) in [4.78, 5) is 4.48. The summed E-state index contributed by atoms with van der Waals surface area (Å²) in [5.74, 6) is 0. The molecule has 0 N–H and O–H groups in total. The van der Waals surface area contributed by atoms with Gasteiger partial charge in [-0.15, -0.1) is 0 Å². The molecular formula is C49H29N3. The number of benzene rings is 8. The number of rotatable bonds is 3. The van der Waals surface area contributed by atoms with E-state index in [1.807, 2.05) is 12.4 Å². The van der Waals surface area contributed by atoms with Crippen LogP contribution < -0.4 is 0 Å². The van der Waals surface area contributed by atoms with Gasteiger partial charge in [0.15, 0.2) is 0 Å². The molecular weight excluding hydrogens is 631 g/mol. The largest absolute Gasteiger partial charge is 0.309 e. The Labute approximate surface area is 299 Å². The summed E-state index contributed by atoms with van der Waals surface area (Å²) in [6.45, 7) is 0. The lowest BCUT2D eigenvalue weighted by Crippen LogP contribution is -1.96. The highest BCUT2D eigenvalue weighted by molar-refractivity contribution is 6.24. The van der Waals surface area contributed by atoms with E-state index in [-0.39, 0.29) is 0 Å². The van der Waals surface area contributed by atoms with Crippen LogP contribution in [0.1, 0.15) is 0 Å². The zero-order chi connectivity index (χ0) is 33.9. The Morgan fingerprint density at radius 3 is 1.94 bits per heavy atom. The number of pyridine rings is 1. The van der Waals surface area contributed by atoms with E-state index in [9.17, 15) is 0 Å². The molecule has 0 saturated carbocycles. The first-order chi connectivity index (χ1) is 25.8. The maximum absolute atomic E-state index is 4.48. The van der Waals surface area contributed by atoms with Gasteiger partial charge in [0, 0.05) is 50.6 Å². The molecule has 0 spiro atoms. The lowest BCUT2D eigenvalue weighted by atomic mass is 9.99. The third-order valence-electron chi connectivity index (χ3n) is 11.3. The molecule has 0 fully saturated rings. The zero-order valence-corrected chi connectivity index (χ0v) is 28.1. The van der Waals surface area contributed by atoms with Crippen molar-refractivity contribution in [3.63, 3.8) is 0 Å². The van der Waals surface area contributed by atoms with Crippen LogP contribution in [0.25, 0.3) is 110 Å². The first-order valence-corrected chi connectivity index (χ1v) is 17.9. The highest BCUT2D eigenvalue weighted by atomic mass is 15.0. The van der Waals surface area contributed by atoms with Crippen molar-refractivity contribution in [2.45, 2.75) is 0 Å². The van der Waals surface area contributed by atoms with Crippen LogP contribution in [0.3, 0.4) is 0 Å². The quantitative estimate of drug-likeness (QED) is 0.185. The number of para-hydroxylation sites is 2. The molecule has 0 radical (unpaired) electrons. The molecule has 3 aromatic heterocycles. The first kappa shape index (κ1) is 27.8. The summed E-state index contributed by atoms with van der Waals surface area (Å²) in [5, 5.41) is 10.1. The van der Waals surface area contributed by atoms with E-state index in [0.717, 1.165) is 0 Å². The van der Waals surface area contributed by atoms with Crippen molar-refractivity contribution < 1.29 is 0 Å². The third-order valence-corrected chi connectivity index (χ3v) is 11.3. The van der Waals surface area contributed by atoms with Crippen LogP contribution in [0.5, 0.6) is 0 Å². The Kier molecular flexibility index (Phi) is 5.50. The number of hydrogen-bond acceptors (Lipinski definition) is 1. The summed E-state index contributed by atoms with van der Waals surface area (Å²) in [6, 6.07) is 60.3. The Morgan fingerprint density at radius 2 is 1.06 bits per heavy atom. The molecule has 0 amide bonds. The number of fused-ring (bicyclic) bond motifs is 11. The van der Waals surface area contributed by atoms with Gasteiger partial charge in [-0.1, -0.05) is 103 Å². The number of nitrogens with zero attached hydrogens (tertiary/aromatic N) is 3. The lowest BCUT2D eigenvalue weighted by molar-refractivity contribution is 1.18. The standard InChI is InChI=1S/C49H29N3/c1-2-10-33(11-3-1)51-43-16-7-6-13-36(43)40-27-31(18-21-45(40)51)32-19-22-46-41(28-32)49-34-12-5-4-9-30(34)17-23-47(49)52(46)44-24-20-38-42-29-50-26-25-35(42)37-14-8-15-39(44)48(37)38/h1-29H. The minimum Gasteiger partial charge on any atom is -0.309 e. The van der Waals surface area contributed by atoms with Crippen LogP contribution in [-0.4, -0.2) is 14.1 Å². The van der Waals surface area contributed by atoms with Crippen molar-refractivity contribution in [2.24, 2.45) is 0 Å². The fourth-order valence-electron chi connectivity index (χ4n) is 9.12. The van der Waals surface area contributed by atoms with Crippen LogP contribution in [0, 0.1) is 0 Å². The topological polar surface area (TPSA) is 22.8 Å². The summed E-state index contributed by atoms with van der Waals surface area (Å²) in [5.41, 5.74) is 14.6. The van der Waals surface area contributed by atoms with Gasteiger partial charge in [-0.05, 0) is 105 Å². The Morgan fingerprint density at radius 1 is 0.365 bits per heavy atom. The second kappa shape index (κ2) is 10.3. The predicted octanol–water partition coefficient (Wildman–Crippen LogP) is 12.9. The van der Waals surface area contributed by atoms with E-state index >= 15 is 0 Å². The van der Waals surface area contributed by atoms with E-state index in [1.165, 1.54) is 110 Å². The van der Waals surface area contributed by atoms with E-state index in [4.69, 9.17) is 0 Å². The third kappa shape index (κ3) is 3.66. The van der Waals surface area contributed by atoms with Crippen molar-refractivity contribution in [3.05, 3.63) is 176 Å². The van der Waals surface area contributed by atoms with Crippen LogP contribution in [0.15, 0.2) is 176 Å². The first-order valence-electron chi connectivity index (χ1n) is 17.9. The second-order valence-corrected chi connectivity index (χ2v) is 13.9. The maximum Gasteiger partial charge on any atom is 0.0547 e. The molecule has 0 unspecified atom stereocenters. The predicted molar refractivity (Wildman–Crippen MR) is 218 cm³/mol. The van der Waals surface area contributed by atoms with E-state index in [2.05, 4.69) is 178 Å². The minimum atomic E-state index is 1.17. The molecule has 0 bridgehead atoms. The molecule has 1 aliphatic carbocycles. The van der Waals surface area contributed by atoms with E-state index < -0.39 is 0 Å². The summed E-state index contributed by atoms with van der Waals surface area (Å²) in [6.07, 6.45) is 3.91. The minimum absolute atomic E-state index is 1.17. The molecule has 8 aromatic carbocycles. The SMILES string of the molecule is c1ccc(-n2c3ccccc3c3cc(-c4ccc5c(c4)c4c6ccccc6ccc4n5-c4ccc5c6c(cccc46)-c4ccncc4-5)ccc32)cc1. The molecule has 1 aliphatic rings. The van der Waals surface area contributed by atoms with Gasteiger partial charge in [0.25, 0.3) is 0 Å². The highest BCUT2D eigenvalue weighted by Crippen LogP contribution is 2.49. The molecule has 52 heavy (non-hydrogen) atoms. The Bertz CT molecular complexity index is 3260. The van der Waals surface area contributed by atoms with Crippen LogP contribution in [0.2, 0.25) is 0 Å². The monoisotopic (exact) mass is 659 g/mol. The van der Waals surface area contributed by atoms with Crippen LogP contribution >= 0.6 is 0 Å². The molecule has 11 aromatic rings. The lowest BCUT2D eigenvalue weighted by Gasteiger charge is -2.14. The van der Waals surface area contributed by atoms with Gasteiger partial charge in [-0.25, -0.2) is 0 Å². The molecule has 3 heteroatoms. The van der Waals surface area contributed by atoms with Gasteiger partial charge in [0.1, 0.15) is 0 Å². The summed E-state index contributed by atoms with van der Waals surface area (Å²) in [7, 11) is 0. The Balaban J connectivity index is 1.13. The Hall–Kier alpha value is -6.97. The smallest absolute Gasteiger partial charge is 0.0547 e. The van der Waals surface area contributed by atoms with E-state index in [0.29, 0.717) is 0 Å². The molecule has 3 heterocycles. The van der Waals surface area contributed by atoms with Crippen molar-refractivity contribution in [3.8, 4) is 44.8 Å². The zero-order valence-electron chi connectivity index (χ0n) is 28.1. The fourth-order valence-corrected chi connectivity index (χ4v) is 9.12. The highest BCUT2D eigenvalue weighted by Gasteiger charge is 2.24. The summed E-state index contributed by atoms with van der Waals surface area (Å²) >= 11 is 0. The van der Waals surface area contributed by atoms with Gasteiger partial charge in [-0.3, -0.25) is 4.98 Å². The van der Waals surface area contributed by atoms with Crippen molar-refractivity contribution in [1.82, 2.24) is 14.1 Å². The summed E-state index contributed by atoms with van der Waals surface area (Å²) < 4.78 is 4.87. The van der Waals surface area contributed by atoms with Gasteiger partial charge >= 0.3 is 0 Å². The number of aromatic nitrogens is 3. The average molecular weight is 660 g/mol. The van der Waals surface area contributed by atoms with Crippen molar-refractivity contribution >= 4 is 65.2 Å². The molecule has 0 atom stereocenters. The van der Waals surface area contributed by atoms with Gasteiger partial charge < -0.3 is 9.13 Å². The van der Waals surface area contributed by atoms with Gasteiger partial charge in [-0.2, -0.15) is 0 Å². The second-order valence-electron chi connectivity index (χ2n) is 13.9. The van der Waals surface area contributed by atoms with Crippen LogP contribution in [0.4, 0.5) is 0 Å². The fraction of sp³-hybridized carbons (Fsp3) is 0. The van der Waals surface area contributed by atoms with Crippen molar-refractivity contribution in [2.75, 3.05) is 0 Å². The average Bonchev–Trinajstić information content (AvgIpc) is 3.85. The molecule has 0 aliphatic heterocycles. The van der Waals surface area contributed by atoms with Gasteiger partial charge in [0.2, 0.25) is 0 Å². The molecule has 0 saturated heterocycles. The van der Waals surface area contributed by atoms with Gasteiger partial charge in [0.05, 0.1) is 27.8 Å². The van der Waals surface area contributed by atoms with Crippen LogP contribution in [-0.2, 0) is 0 Å². The normalized spacial score (nSPS) is 12.2. The maximum atomic E-state index is 4.48. The molecule has 240 valence electrons. The van der Waals surface area contributed by atoms with E-state index in [1.54, 1.807) is 0 Å².